The van der Waals surface area contributed by atoms with E-state index in [-0.39, 0.29) is 5.91 Å². The first-order chi connectivity index (χ1) is 15.2. The van der Waals surface area contributed by atoms with Gasteiger partial charge in [0.1, 0.15) is 22.8 Å². The first-order valence-corrected chi connectivity index (χ1v) is 10.2. The van der Waals surface area contributed by atoms with Crippen molar-refractivity contribution in [1.29, 1.82) is 0 Å². The predicted octanol–water partition coefficient (Wildman–Crippen LogP) is 3.27. The predicted molar refractivity (Wildman–Crippen MR) is 117 cm³/mol. The number of para-hydroxylation sites is 2. The van der Waals surface area contributed by atoms with Gasteiger partial charge in [-0.15, -0.1) is 0 Å². The van der Waals surface area contributed by atoms with E-state index in [1.54, 1.807) is 24.0 Å². The number of hydrogen-bond donors (Lipinski definition) is 0. The van der Waals surface area contributed by atoms with E-state index in [2.05, 4.69) is 15.0 Å². The van der Waals surface area contributed by atoms with E-state index in [0.717, 1.165) is 36.0 Å². The Kier molecular flexibility index (Phi) is 4.82. The van der Waals surface area contributed by atoms with Crippen molar-refractivity contribution in [2.24, 2.45) is 0 Å². The average Bonchev–Trinajstić information content (AvgIpc) is 3.45. The Balaban J connectivity index is 1.37. The molecule has 0 radical (unpaired) electrons. The Bertz CT molecular complexity index is 1240. The van der Waals surface area contributed by atoms with Crippen LogP contribution >= 0.6 is 0 Å². The second-order valence-electron chi connectivity index (χ2n) is 7.49. The van der Waals surface area contributed by atoms with Crippen LogP contribution in [0.2, 0.25) is 0 Å². The summed E-state index contributed by atoms with van der Waals surface area (Å²) in [4.78, 5) is 21.8. The van der Waals surface area contributed by atoms with Crippen molar-refractivity contribution in [1.82, 2.24) is 19.5 Å². The molecule has 158 valence electrons. The zero-order chi connectivity index (χ0) is 21.4. The molecule has 4 heterocycles. The molecule has 1 saturated heterocycles. The molecule has 3 aromatic heterocycles. The summed E-state index contributed by atoms with van der Waals surface area (Å²) in [6.45, 7) is 4.59. The van der Waals surface area contributed by atoms with Crippen molar-refractivity contribution in [2.45, 2.75) is 6.92 Å². The SMILES string of the molecule is COc1ccccc1N1CCN(C(=O)c2cnn3c(-c4ccc(C)o4)ccnc23)CC1. The van der Waals surface area contributed by atoms with Crippen molar-refractivity contribution in [3.8, 4) is 17.2 Å². The topological polar surface area (TPSA) is 76.1 Å². The third-order valence-corrected chi connectivity index (χ3v) is 5.62. The van der Waals surface area contributed by atoms with Crippen LogP contribution in [-0.2, 0) is 0 Å². The van der Waals surface area contributed by atoms with Crippen LogP contribution in [0.25, 0.3) is 17.1 Å². The summed E-state index contributed by atoms with van der Waals surface area (Å²) in [5.41, 5.74) is 2.84. The lowest BCUT2D eigenvalue weighted by atomic mass is 10.2. The average molecular weight is 417 g/mol. The third-order valence-electron chi connectivity index (χ3n) is 5.62. The van der Waals surface area contributed by atoms with Gasteiger partial charge in [-0.3, -0.25) is 4.79 Å². The number of piperazine rings is 1. The lowest BCUT2D eigenvalue weighted by Crippen LogP contribution is -2.48. The van der Waals surface area contributed by atoms with Crippen molar-refractivity contribution >= 4 is 17.2 Å². The van der Waals surface area contributed by atoms with Gasteiger partial charge in [0.15, 0.2) is 11.4 Å². The van der Waals surface area contributed by atoms with Gasteiger partial charge >= 0.3 is 0 Å². The fraction of sp³-hybridized carbons (Fsp3) is 0.261. The Morgan fingerprint density at radius 2 is 1.87 bits per heavy atom. The minimum atomic E-state index is -0.0602. The molecular weight excluding hydrogens is 394 g/mol. The maximum Gasteiger partial charge on any atom is 0.259 e. The van der Waals surface area contributed by atoms with E-state index in [4.69, 9.17) is 9.15 Å². The number of amides is 1. The molecule has 4 aromatic rings. The molecule has 5 rings (SSSR count). The fourth-order valence-electron chi connectivity index (χ4n) is 4.01. The molecule has 0 atom stereocenters. The molecule has 0 bridgehead atoms. The van der Waals surface area contributed by atoms with E-state index in [1.165, 1.54) is 0 Å². The number of fused-ring (bicyclic) bond motifs is 1. The van der Waals surface area contributed by atoms with Crippen LogP contribution < -0.4 is 9.64 Å². The molecular formula is C23H23N5O3. The summed E-state index contributed by atoms with van der Waals surface area (Å²) < 4.78 is 12.9. The van der Waals surface area contributed by atoms with Gasteiger partial charge in [-0.25, -0.2) is 9.50 Å². The standard InChI is InChI=1S/C23H23N5O3/c1-16-7-8-21(31-16)19-9-10-24-22-17(15-25-28(19)22)23(29)27-13-11-26(12-14-27)18-5-3-4-6-20(18)30-2/h3-10,15H,11-14H2,1-2H3. The fourth-order valence-corrected chi connectivity index (χ4v) is 4.01. The molecule has 0 spiro atoms. The number of methoxy groups -OCH3 is 1. The second kappa shape index (κ2) is 7.79. The van der Waals surface area contributed by atoms with E-state index in [1.807, 2.05) is 54.3 Å². The minimum absolute atomic E-state index is 0.0602. The number of carbonyl (C=O) groups excluding carboxylic acids is 1. The number of rotatable bonds is 4. The summed E-state index contributed by atoms with van der Waals surface area (Å²) in [5.74, 6) is 2.29. The smallest absolute Gasteiger partial charge is 0.259 e. The van der Waals surface area contributed by atoms with Gasteiger partial charge in [0.05, 0.1) is 19.0 Å². The number of aromatic nitrogens is 3. The van der Waals surface area contributed by atoms with Crippen molar-refractivity contribution in [3.63, 3.8) is 0 Å². The Labute approximate surface area is 179 Å². The molecule has 0 N–H and O–H groups in total. The molecule has 31 heavy (non-hydrogen) atoms. The Hall–Kier alpha value is -3.81. The summed E-state index contributed by atoms with van der Waals surface area (Å²) in [6.07, 6.45) is 3.27. The van der Waals surface area contributed by atoms with Gasteiger partial charge in [0.2, 0.25) is 0 Å². The second-order valence-corrected chi connectivity index (χ2v) is 7.49. The Morgan fingerprint density at radius 3 is 2.61 bits per heavy atom. The van der Waals surface area contributed by atoms with Crippen LogP contribution in [0.3, 0.4) is 0 Å². The molecule has 1 fully saturated rings. The molecule has 0 aliphatic carbocycles. The highest BCUT2D eigenvalue weighted by molar-refractivity contribution is 6.00. The number of ether oxygens (including phenoxy) is 1. The highest BCUT2D eigenvalue weighted by Crippen LogP contribution is 2.29. The number of furan rings is 1. The summed E-state index contributed by atoms with van der Waals surface area (Å²) in [6, 6.07) is 13.6. The zero-order valence-electron chi connectivity index (χ0n) is 17.5. The van der Waals surface area contributed by atoms with E-state index >= 15 is 0 Å². The first-order valence-electron chi connectivity index (χ1n) is 10.2. The number of hydrogen-bond acceptors (Lipinski definition) is 6. The highest BCUT2D eigenvalue weighted by Gasteiger charge is 2.26. The summed E-state index contributed by atoms with van der Waals surface area (Å²) >= 11 is 0. The van der Waals surface area contributed by atoms with E-state index in [9.17, 15) is 4.79 Å². The molecule has 0 unspecified atom stereocenters. The molecule has 1 amide bonds. The molecule has 0 saturated carbocycles. The number of anilines is 1. The van der Waals surface area contributed by atoms with Crippen LogP contribution in [0, 0.1) is 6.92 Å². The number of aryl methyl sites for hydroxylation is 1. The lowest BCUT2D eigenvalue weighted by Gasteiger charge is -2.36. The normalized spacial score (nSPS) is 14.3. The summed E-state index contributed by atoms with van der Waals surface area (Å²) in [7, 11) is 1.68. The van der Waals surface area contributed by atoms with Gasteiger partial charge in [-0.1, -0.05) is 12.1 Å². The van der Waals surface area contributed by atoms with Crippen LogP contribution in [0.5, 0.6) is 5.75 Å². The van der Waals surface area contributed by atoms with Crippen molar-refractivity contribution in [2.75, 3.05) is 38.2 Å². The Morgan fingerprint density at radius 1 is 1.06 bits per heavy atom. The van der Waals surface area contributed by atoms with Gasteiger partial charge < -0.3 is 19.0 Å². The first kappa shape index (κ1) is 19.2. The van der Waals surface area contributed by atoms with E-state index < -0.39 is 0 Å². The maximum atomic E-state index is 13.3. The van der Waals surface area contributed by atoms with Crippen molar-refractivity contribution in [3.05, 3.63) is 66.2 Å². The number of nitrogens with zero attached hydrogens (tertiary/aromatic N) is 5. The van der Waals surface area contributed by atoms with Crippen LogP contribution in [-0.4, -0.2) is 58.7 Å². The number of benzene rings is 1. The maximum absolute atomic E-state index is 13.3. The zero-order valence-corrected chi connectivity index (χ0v) is 17.5. The number of carbonyl (C=O) groups is 1. The minimum Gasteiger partial charge on any atom is -0.495 e. The molecule has 8 heteroatoms. The van der Waals surface area contributed by atoms with E-state index in [0.29, 0.717) is 30.1 Å². The molecule has 1 aromatic carbocycles. The van der Waals surface area contributed by atoms with Crippen LogP contribution in [0.1, 0.15) is 16.1 Å². The third kappa shape index (κ3) is 3.39. The monoisotopic (exact) mass is 417 g/mol. The van der Waals surface area contributed by atoms with Crippen LogP contribution in [0.4, 0.5) is 5.69 Å². The van der Waals surface area contributed by atoms with Crippen LogP contribution in [0.15, 0.2) is 59.3 Å². The van der Waals surface area contributed by atoms with Gasteiger partial charge in [0, 0.05) is 32.4 Å². The highest BCUT2D eigenvalue weighted by atomic mass is 16.5. The van der Waals surface area contributed by atoms with Gasteiger partial charge in [-0.2, -0.15) is 5.10 Å². The lowest BCUT2D eigenvalue weighted by molar-refractivity contribution is 0.0748. The van der Waals surface area contributed by atoms with Crippen molar-refractivity contribution < 1.29 is 13.9 Å². The molecule has 8 nitrogen and oxygen atoms in total. The summed E-state index contributed by atoms with van der Waals surface area (Å²) in [5, 5.41) is 4.43. The quantitative estimate of drug-likeness (QED) is 0.507. The van der Waals surface area contributed by atoms with Gasteiger partial charge in [-0.05, 0) is 37.3 Å². The molecule has 1 aliphatic heterocycles. The van der Waals surface area contributed by atoms with Gasteiger partial charge in [0.25, 0.3) is 5.91 Å². The molecule has 1 aliphatic rings. The largest absolute Gasteiger partial charge is 0.495 e.